The van der Waals surface area contributed by atoms with Gasteiger partial charge in [0.2, 0.25) is 5.82 Å². The highest BCUT2D eigenvalue weighted by Gasteiger charge is 2.37. The zero-order valence-corrected chi connectivity index (χ0v) is 18.0. The lowest BCUT2D eigenvalue weighted by atomic mass is 9.98. The molecule has 0 unspecified atom stereocenters. The summed E-state index contributed by atoms with van der Waals surface area (Å²) < 4.78 is 1.88. The fraction of sp³-hybridized carbons (Fsp3) is 0.545. The molecule has 0 amide bonds. The summed E-state index contributed by atoms with van der Waals surface area (Å²) in [6.45, 7) is 12.5. The van der Waals surface area contributed by atoms with E-state index in [-0.39, 0.29) is 17.1 Å². The SMILES string of the molecule is Cc1cc2cc([C@@H](c3nnnn3C(C)(C)C)[NH+]3CCCCC3)c(=O)[nH]c2cc1C. The summed E-state index contributed by atoms with van der Waals surface area (Å²) in [4.78, 5) is 17.7. The van der Waals surface area contributed by atoms with Gasteiger partial charge < -0.3 is 9.88 Å². The topological polar surface area (TPSA) is 80.9 Å². The molecule has 0 saturated carbocycles. The van der Waals surface area contributed by atoms with Crippen LogP contribution in [0.2, 0.25) is 0 Å². The fourth-order valence-electron chi connectivity index (χ4n) is 4.40. The van der Waals surface area contributed by atoms with E-state index in [1.165, 1.54) is 22.4 Å². The van der Waals surface area contributed by atoms with E-state index in [1.54, 1.807) is 0 Å². The highest BCUT2D eigenvalue weighted by atomic mass is 16.1. The van der Waals surface area contributed by atoms with Crippen molar-refractivity contribution in [2.45, 2.75) is 65.5 Å². The standard InChI is InChI=1S/C22H30N6O/c1-14-11-16-13-17(21(29)23-18(16)12-15(14)2)19(27-9-7-6-8-10-27)20-24-25-26-28(20)22(3,4)5/h11-13,19H,6-10H2,1-5H3,(H,23,29)/p+1/t19-/m0/s1. The van der Waals surface area contributed by atoms with E-state index in [2.05, 4.69) is 73.3 Å². The van der Waals surface area contributed by atoms with Crippen molar-refractivity contribution < 1.29 is 4.90 Å². The van der Waals surface area contributed by atoms with Crippen LogP contribution in [0.15, 0.2) is 23.0 Å². The number of H-pyrrole nitrogens is 1. The van der Waals surface area contributed by atoms with E-state index in [0.717, 1.165) is 48.2 Å². The van der Waals surface area contributed by atoms with Crippen molar-refractivity contribution in [3.05, 3.63) is 51.1 Å². The quantitative estimate of drug-likeness (QED) is 0.711. The number of pyridine rings is 1. The van der Waals surface area contributed by atoms with Gasteiger partial charge in [0.05, 0.1) is 24.2 Å². The molecule has 0 bridgehead atoms. The Labute approximate surface area is 171 Å². The van der Waals surface area contributed by atoms with Crippen molar-refractivity contribution in [2.24, 2.45) is 0 Å². The number of hydrogen-bond acceptors (Lipinski definition) is 4. The molecule has 7 nitrogen and oxygen atoms in total. The van der Waals surface area contributed by atoms with Gasteiger partial charge in [0.15, 0.2) is 6.04 Å². The zero-order valence-electron chi connectivity index (χ0n) is 18.0. The molecule has 29 heavy (non-hydrogen) atoms. The van der Waals surface area contributed by atoms with Gasteiger partial charge in [0.1, 0.15) is 0 Å². The van der Waals surface area contributed by atoms with E-state index in [0.29, 0.717) is 0 Å². The van der Waals surface area contributed by atoms with Gasteiger partial charge in [0.25, 0.3) is 5.56 Å². The number of aromatic amines is 1. The Morgan fingerprint density at radius 2 is 1.76 bits per heavy atom. The number of hydrogen-bond donors (Lipinski definition) is 2. The highest BCUT2D eigenvalue weighted by molar-refractivity contribution is 5.80. The first-order valence-corrected chi connectivity index (χ1v) is 10.5. The van der Waals surface area contributed by atoms with Crippen LogP contribution in [0.4, 0.5) is 0 Å². The molecule has 1 fully saturated rings. The average Bonchev–Trinajstić information content (AvgIpc) is 3.15. The third-order valence-corrected chi connectivity index (χ3v) is 6.09. The lowest BCUT2D eigenvalue weighted by molar-refractivity contribution is -0.931. The molecule has 1 aliphatic heterocycles. The molecule has 2 N–H and O–H groups in total. The molecule has 3 aromatic rings. The summed E-state index contributed by atoms with van der Waals surface area (Å²) in [5, 5.41) is 13.7. The average molecular weight is 396 g/mol. The minimum atomic E-state index is -0.260. The number of nitrogens with zero attached hydrogens (tertiary/aromatic N) is 4. The Balaban J connectivity index is 1.92. The largest absolute Gasteiger partial charge is 0.322 e. The van der Waals surface area contributed by atoms with Crippen LogP contribution in [0.1, 0.15) is 68.6 Å². The molecule has 0 spiro atoms. The molecule has 1 saturated heterocycles. The van der Waals surface area contributed by atoms with E-state index < -0.39 is 0 Å². The minimum Gasteiger partial charge on any atom is -0.322 e. The maximum absolute atomic E-state index is 13.2. The molecule has 1 aromatic carbocycles. The van der Waals surface area contributed by atoms with Crippen LogP contribution in [0.5, 0.6) is 0 Å². The van der Waals surface area contributed by atoms with Crippen molar-refractivity contribution >= 4 is 10.9 Å². The summed E-state index contributed by atoms with van der Waals surface area (Å²) in [6.07, 6.45) is 3.56. The zero-order chi connectivity index (χ0) is 20.8. The lowest BCUT2D eigenvalue weighted by Crippen LogP contribution is -3.13. The Hall–Kier alpha value is -2.54. The lowest BCUT2D eigenvalue weighted by Gasteiger charge is -2.32. The Bertz CT molecular complexity index is 1080. The van der Waals surface area contributed by atoms with Crippen molar-refractivity contribution in [3.8, 4) is 0 Å². The summed E-state index contributed by atoms with van der Waals surface area (Å²) in [7, 11) is 0. The van der Waals surface area contributed by atoms with Crippen molar-refractivity contribution in [2.75, 3.05) is 13.1 Å². The third kappa shape index (κ3) is 3.71. The number of tetrazole rings is 1. The van der Waals surface area contributed by atoms with Gasteiger partial charge >= 0.3 is 0 Å². The minimum absolute atomic E-state index is 0.0488. The Kier molecular flexibility index (Phi) is 5.02. The smallest absolute Gasteiger partial charge is 0.258 e. The van der Waals surface area contributed by atoms with Crippen LogP contribution in [0.25, 0.3) is 10.9 Å². The van der Waals surface area contributed by atoms with Crippen molar-refractivity contribution in [1.82, 2.24) is 25.2 Å². The molecule has 0 aliphatic carbocycles. The number of benzene rings is 1. The summed E-state index contributed by atoms with van der Waals surface area (Å²) in [5.74, 6) is 0.767. The summed E-state index contributed by atoms with van der Waals surface area (Å²) in [6, 6.07) is 6.07. The second-order valence-electron chi connectivity index (χ2n) is 9.35. The number of fused-ring (bicyclic) bond motifs is 1. The van der Waals surface area contributed by atoms with Gasteiger partial charge in [-0.3, -0.25) is 4.79 Å². The summed E-state index contributed by atoms with van der Waals surface area (Å²) >= 11 is 0. The Morgan fingerprint density at radius 3 is 2.45 bits per heavy atom. The monoisotopic (exact) mass is 395 g/mol. The van der Waals surface area contributed by atoms with Crippen LogP contribution < -0.4 is 10.5 Å². The molecular weight excluding hydrogens is 364 g/mol. The number of aromatic nitrogens is 5. The molecule has 2 aromatic heterocycles. The molecule has 1 aliphatic rings. The fourth-order valence-corrected chi connectivity index (χ4v) is 4.40. The normalized spacial score (nSPS) is 17.0. The van der Waals surface area contributed by atoms with Crippen LogP contribution >= 0.6 is 0 Å². The molecule has 4 rings (SSSR count). The molecule has 7 heteroatoms. The van der Waals surface area contributed by atoms with Crippen LogP contribution in [0, 0.1) is 13.8 Å². The second-order valence-corrected chi connectivity index (χ2v) is 9.35. The van der Waals surface area contributed by atoms with Gasteiger partial charge in [-0.1, -0.05) is 0 Å². The number of rotatable bonds is 3. The van der Waals surface area contributed by atoms with Crippen LogP contribution in [0.3, 0.4) is 0 Å². The number of likely N-dealkylation sites (tertiary alicyclic amines) is 1. The predicted octanol–water partition coefficient (Wildman–Crippen LogP) is 2.04. The molecular formula is C22H31N6O+. The molecule has 0 radical (unpaired) electrons. The van der Waals surface area contributed by atoms with Gasteiger partial charge in [-0.25, -0.2) is 4.68 Å². The van der Waals surface area contributed by atoms with Crippen LogP contribution in [-0.4, -0.2) is 38.3 Å². The molecule has 1 atom stereocenters. The first-order chi connectivity index (χ1) is 13.8. The number of nitrogens with one attached hydrogen (secondary N) is 2. The molecule has 154 valence electrons. The van der Waals surface area contributed by atoms with E-state index in [9.17, 15) is 4.79 Å². The van der Waals surface area contributed by atoms with Crippen molar-refractivity contribution in [3.63, 3.8) is 0 Å². The number of aryl methyl sites for hydroxylation is 2. The van der Waals surface area contributed by atoms with E-state index in [1.807, 2.05) is 4.68 Å². The molecule has 3 heterocycles. The van der Waals surface area contributed by atoms with Gasteiger partial charge in [-0.2, -0.15) is 0 Å². The van der Waals surface area contributed by atoms with Crippen molar-refractivity contribution in [1.29, 1.82) is 0 Å². The Morgan fingerprint density at radius 1 is 1.07 bits per heavy atom. The number of piperidine rings is 1. The van der Waals surface area contributed by atoms with E-state index >= 15 is 0 Å². The second kappa shape index (κ2) is 7.37. The third-order valence-electron chi connectivity index (χ3n) is 6.09. The summed E-state index contributed by atoms with van der Waals surface area (Å²) in [5.41, 5.74) is 3.71. The van der Waals surface area contributed by atoms with Gasteiger partial charge in [-0.15, -0.1) is 5.10 Å². The van der Waals surface area contributed by atoms with E-state index in [4.69, 9.17) is 0 Å². The maximum Gasteiger partial charge on any atom is 0.258 e. The predicted molar refractivity (Wildman–Crippen MR) is 113 cm³/mol. The van der Waals surface area contributed by atoms with Gasteiger partial charge in [-0.05, 0) is 99.0 Å². The van der Waals surface area contributed by atoms with Crippen LogP contribution in [-0.2, 0) is 5.54 Å². The van der Waals surface area contributed by atoms with Gasteiger partial charge in [0, 0.05) is 5.52 Å². The first-order valence-electron chi connectivity index (χ1n) is 10.5. The highest BCUT2D eigenvalue weighted by Crippen LogP contribution is 2.24. The maximum atomic E-state index is 13.2. The first kappa shape index (κ1) is 19.8. The number of quaternary nitrogens is 1.